The molecule has 1 unspecified atom stereocenters. The summed E-state index contributed by atoms with van der Waals surface area (Å²) in [5.74, 6) is 0.499. The zero-order chi connectivity index (χ0) is 15.0. The molecule has 0 aliphatic carbocycles. The van der Waals surface area contributed by atoms with Crippen molar-refractivity contribution < 1.29 is 0 Å². The highest BCUT2D eigenvalue weighted by Gasteiger charge is 2.29. The second kappa shape index (κ2) is 5.87. The maximum absolute atomic E-state index is 6.10. The van der Waals surface area contributed by atoms with Crippen LogP contribution in [0.3, 0.4) is 0 Å². The van der Waals surface area contributed by atoms with E-state index in [2.05, 4.69) is 20.9 Å². The van der Waals surface area contributed by atoms with Crippen LogP contribution in [0.5, 0.6) is 0 Å². The van der Waals surface area contributed by atoms with Crippen LogP contribution in [-0.4, -0.2) is 12.5 Å². The van der Waals surface area contributed by atoms with Gasteiger partial charge in [0, 0.05) is 20.2 Å². The van der Waals surface area contributed by atoms with Gasteiger partial charge in [-0.3, -0.25) is 4.99 Å². The Hall–Kier alpha value is -1.23. The third-order valence-electron chi connectivity index (χ3n) is 3.36. The monoisotopic (exact) mass is 383 g/mol. The molecule has 0 aromatic heterocycles. The van der Waals surface area contributed by atoms with Crippen LogP contribution in [0.1, 0.15) is 11.6 Å². The van der Waals surface area contributed by atoms with Gasteiger partial charge in [-0.2, -0.15) is 0 Å². The molecule has 0 spiro atoms. The Morgan fingerprint density at radius 2 is 1.71 bits per heavy atom. The predicted molar refractivity (Wildman–Crippen MR) is 92.3 cm³/mol. The van der Waals surface area contributed by atoms with E-state index >= 15 is 0 Å². The molecule has 2 aromatic rings. The first-order valence-corrected chi connectivity index (χ1v) is 7.90. The molecule has 0 radical (unpaired) electrons. The molecule has 0 bridgehead atoms. The van der Waals surface area contributed by atoms with Gasteiger partial charge in [-0.05, 0) is 48.0 Å². The van der Waals surface area contributed by atoms with Crippen molar-refractivity contribution in [3.05, 3.63) is 62.5 Å². The lowest BCUT2D eigenvalue weighted by molar-refractivity contribution is 0.769. The highest BCUT2D eigenvalue weighted by Crippen LogP contribution is 2.34. The van der Waals surface area contributed by atoms with Gasteiger partial charge in [0.2, 0.25) is 0 Å². The molecule has 1 aliphatic heterocycles. The van der Waals surface area contributed by atoms with Crippen LogP contribution in [0.4, 0.5) is 5.69 Å². The van der Waals surface area contributed by atoms with E-state index in [4.69, 9.17) is 28.9 Å². The van der Waals surface area contributed by atoms with Crippen LogP contribution in [0.25, 0.3) is 0 Å². The van der Waals surface area contributed by atoms with Gasteiger partial charge in [0.25, 0.3) is 0 Å². The second-order valence-corrected chi connectivity index (χ2v) is 6.55. The second-order valence-electron chi connectivity index (χ2n) is 4.76. The Labute approximate surface area is 141 Å². The lowest BCUT2D eigenvalue weighted by Gasteiger charge is -2.27. The fourth-order valence-corrected chi connectivity index (χ4v) is 3.24. The lowest BCUT2D eigenvalue weighted by atomic mass is 10.1. The van der Waals surface area contributed by atoms with E-state index in [0.717, 1.165) is 15.7 Å². The average Bonchev–Trinajstić information content (AvgIpc) is 2.80. The van der Waals surface area contributed by atoms with E-state index < -0.39 is 0 Å². The summed E-state index contributed by atoms with van der Waals surface area (Å²) in [6.07, 6.45) is 0. The summed E-state index contributed by atoms with van der Waals surface area (Å²) in [5.41, 5.74) is 8.04. The van der Waals surface area contributed by atoms with Crippen LogP contribution < -0.4 is 10.6 Å². The molecule has 0 amide bonds. The Bertz CT molecular complexity index is 680. The van der Waals surface area contributed by atoms with E-state index in [9.17, 15) is 0 Å². The SMILES string of the molecule is NC1=NCC(c2cc(Cl)cc(Cl)c2)N1c1ccc(Br)cc1. The predicted octanol–water partition coefficient (Wildman–Crippen LogP) is 4.63. The van der Waals surface area contributed by atoms with Gasteiger partial charge in [-0.15, -0.1) is 0 Å². The van der Waals surface area contributed by atoms with Crippen LogP contribution in [0.15, 0.2) is 51.9 Å². The summed E-state index contributed by atoms with van der Waals surface area (Å²) in [6.45, 7) is 0.582. The van der Waals surface area contributed by atoms with Crippen molar-refractivity contribution in [3.8, 4) is 0 Å². The number of aliphatic imine (C=N–C) groups is 1. The Morgan fingerprint density at radius 1 is 1.10 bits per heavy atom. The van der Waals surface area contributed by atoms with Gasteiger partial charge >= 0.3 is 0 Å². The Morgan fingerprint density at radius 3 is 2.33 bits per heavy atom. The number of nitrogens with two attached hydrogens (primary N) is 1. The molecule has 21 heavy (non-hydrogen) atoms. The van der Waals surface area contributed by atoms with Gasteiger partial charge < -0.3 is 10.6 Å². The minimum Gasteiger partial charge on any atom is -0.369 e. The molecule has 1 atom stereocenters. The number of benzene rings is 2. The van der Waals surface area contributed by atoms with Crippen molar-refractivity contribution in [1.29, 1.82) is 0 Å². The Balaban J connectivity index is 2.00. The minimum atomic E-state index is 0.00220. The van der Waals surface area contributed by atoms with Crippen molar-refractivity contribution in [1.82, 2.24) is 0 Å². The van der Waals surface area contributed by atoms with Crippen molar-refractivity contribution >= 4 is 50.8 Å². The molecule has 108 valence electrons. The molecule has 1 heterocycles. The standard InChI is InChI=1S/C15H12BrCl2N3/c16-10-1-3-13(4-2-10)21-14(8-20-15(21)19)9-5-11(17)7-12(18)6-9/h1-7,14H,8H2,(H2,19,20). The van der Waals surface area contributed by atoms with Crippen LogP contribution in [-0.2, 0) is 0 Å². The maximum atomic E-state index is 6.10. The molecule has 2 N–H and O–H groups in total. The maximum Gasteiger partial charge on any atom is 0.196 e. The van der Waals surface area contributed by atoms with Crippen molar-refractivity contribution in [3.63, 3.8) is 0 Å². The highest BCUT2D eigenvalue weighted by molar-refractivity contribution is 9.10. The molecule has 2 aromatic carbocycles. The summed E-state index contributed by atoms with van der Waals surface area (Å²) >= 11 is 15.6. The summed E-state index contributed by atoms with van der Waals surface area (Å²) in [4.78, 5) is 6.35. The third kappa shape index (κ3) is 3.03. The lowest BCUT2D eigenvalue weighted by Crippen LogP contribution is -2.36. The largest absolute Gasteiger partial charge is 0.369 e. The molecule has 0 saturated heterocycles. The molecular weight excluding hydrogens is 373 g/mol. The molecule has 1 aliphatic rings. The van der Waals surface area contributed by atoms with Crippen molar-refractivity contribution in [2.45, 2.75) is 6.04 Å². The molecular formula is C15H12BrCl2N3. The van der Waals surface area contributed by atoms with Crippen molar-refractivity contribution in [2.24, 2.45) is 10.7 Å². The van der Waals surface area contributed by atoms with Gasteiger partial charge in [0.1, 0.15) is 0 Å². The number of rotatable bonds is 2. The van der Waals surface area contributed by atoms with Crippen LogP contribution in [0.2, 0.25) is 10.0 Å². The van der Waals surface area contributed by atoms with Gasteiger partial charge in [0.05, 0.1) is 12.6 Å². The Kier molecular flexibility index (Phi) is 4.11. The highest BCUT2D eigenvalue weighted by atomic mass is 79.9. The first-order chi connectivity index (χ1) is 10.0. The van der Waals surface area contributed by atoms with E-state index in [1.165, 1.54) is 0 Å². The van der Waals surface area contributed by atoms with Crippen LogP contribution in [0, 0.1) is 0 Å². The first kappa shape index (κ1) is 14.7. The number of hydrogen-bond donors (Lipinski definition) is 1. The van der Waals surface area contributed by atoms with Crippen molar-refractivity contribution in [2.75, 3.05) is 11.4 Å². The van der Waals surface area contributed by atoms with Gasteiger partial charge in [-0.25, -0.2) is 0 Å². The number of guanidine groups is 1. The zero-order valence-corrected chi connectivity index (χ0v) is 14.0. The smallest absolute Gasteiger partial charge is 0.196 e. The summed E-state index contributed by atoms with van der Waals surface area (Å²) in [5, 5.41) is 1.22. The molecule has 0 fully saturated rings. The molecule has 3 rings (SSSR count). The number of hydrogen-bond acceptors (Lipinski definition) is 3. The number of halogens is 3. The summed E-state index contributed by atoms with van der Waals surface area (Å²) < 4.78 is 1.02. The molecule has 3 nitrogen and oxygen atoms in total. The fourth-order valence-electron chi connectivity index (χ4n) is 2.43. The fraction of sp³-hybridized carbons (Fsp3) is 0.133. The number of nitrogens with zero attached hydrogens (tertiary/aromatic N) is 2. The van der Waals surface area contributed by atoms with E-state index in [1.54, 1.807) is 6.07 Å². The zero-order valence-electron chi connectivity index (χ0n) is 10.9. The quantitative estimate of drug-likeness (QED) is 0.819. The topological polar surface area (TPSA) is 41.6 Å². The molecule has 0 saturated carbocycles. The normalized spacial score (nSPS) is 18.0. The van der Waals surface area contributed by atoms with Gasteiger partial charge in [0.15, 0.2) is 5.96 Å². The first-order valence-electron chi connectivity index (χ1n) is 6.35. The van der Waals surface area contributed by atoms with E-state index in [1.807, 2.05) is 41.3 Å². The molecule has 6 heteroatoms. The van der Waals surface area contributed by atoms with Gasteiger partial charge in [-0.1, -0.05) is 39.1 Å². The van der Waals surface area contributed by atoms with E-state index in [-0.39, 0.29) is 6.04 Å². The average molecular weight is 385 g/mol. The van der Waals surface area contributed by atoms with E-state index in [0.29, 0.717) is 22.5 Å². The summed E-state index contributed by atoms with van der Waals surface area (Å²) in [6, 6.07) is 13.5. The summed E-state index contributed by atoms with van der Waals surface area (Å²) in [7, 11) is 0. The third-order valence-corrected chi connectivity index (χ3v) is 4.32. The van der Waals surface area contributed by atoms with Crippen LogP contribution >= 0.6 is 39.1 Å². The number of anilines is 1. The minimum absolute atomic E-state index is 0.00220.